The normalized spacial score (nSPS) is 14.4. The first-order valence-corrected chi connectivity index (χ1v) is 16.1. The molecule has 1 unspecified atom stereocenters. The zero-order valence-corrected chi connectivity index (χ0v) is 25.9. The van der Waals surface area contributed by atoms with Crippen molar-refractivity contribution in [3.05, 3.63) is 47.7 Å². The van der Waals surface area contributed by atoms with E-state index in [2.05, 4.69) is 44.7 Å². The molecule has 1 saturated carbocycles. The molecule has 6 nitrogen and oxygen atoms in total. The van der Waals surface area contributed by atoms with Crippen molar-refractivity contribution >= 4 is 48.5 Å². The Morgan fingerprint density at radius 3 is 2.39 bits per heavy atom. The summed E-state index contributed by atoms with van der Waals surface area (Å²) in [7, 11) is 3.17. The molecule has 1 fully saturated rings. The van der Waals surface area contributed by atoms with Crippen molar-refractivity contribution in [1.82, 2.24) is 5.32 Å². The summed E-state index contributed by atoms with van der Waals surface area (Å²) in [4.78, 5) is 8.63. The van der Waals surface area contributed by atoms with E-state index in [9.17, 15) is 5.11 Å². The molecule has 0 spiro atoms. The third kappa shape index (κ3) is 16.5. The maximum atomic E-state index is 9.48. The van der Waals surface area contributed by atoms with Crippen LogP contribution in [0, 0.1) is 0 Å². The maximum Gasteiger partial charge on any atom is 0.146 e. The second kappa shape index (κ2) is 23.0. The summed E-state index contributed by atoms with van der Waals surface area (Å²) in [6.45, 7) is 15.3. The number of hydrogen-bond acceptors (Lipinski definition) is 7. The Hall–Kier alpha value is -1.20. The summed E-state index contributed by atoms with van der Waals surface area (Å²) >= 11 is 2.05. The number of rotatable bonds is 14. The molecular weight excluding hydrogens is 585 g/mol. The lowest BCUT2D eigenvalue weighted by Gasteiger charge is -2.17. The number of nitrogens with one attached hydrogen (secondary N) is 1. The molecule has 0 amide bonds. The van der Waals surface area contributed by atoms with Gasteiger partial charge in [-0.3, -0.25) is 9.98 Å². The highest BCUT2D eigenvalue weighted by Gasteiger charge is 2.27. The van der Waals surface area contributed by atoms with Gasteiger partial charge in [-0.05, 0) is 87.8 Å². The Labute approximate surface area is 235 Å². The molecule has 1 aliphatic rings. The Bertz CT molecular complexity index is 803. The summed E-state index contributed by atoms with van der Waals surface area (Å²) in [6.07, 6.45) is 11.3. The van der Waals surface area contributed by atoms with E-state index < -0.39 is 0 Å². The molecule has 1 aromatic carbocycles. The van der Waals surface area contributed by atoms with Crippen molar-refractivity contribution in [2.24, 2.45) is 9.98 Å². The van der Waals surface area contributed by atoms with Gasteiger partial charge in [0.1, 0.15) is 18.5 Å². The van der Waals surface area contributed by atoms with E-state index in [0.717, 1.165) is 35.7 Å². The second-order valence-electron chi connectivity index (χ2n) is 8.30. The fourth-order valence-corrected chi connectivity index (χ4v) is 3.32. The van der Waals surface area contributed by atoms with Gasteiger partial charge < -0.3 is 19.3 Å². The average molecular weight is 632 g/mol. The average Bonchev–Trinajstić information content (AvgIpc) is 3.75. The standard InChI is InChI=1S/C21H27IN2O3S.C4H10.C3H9N/c1-4-16(12-23-3)6-5-15(2)24-21-10-9-18(11-20(21)17-7-8-17)27-19(13-25)14-26-28-22;2*1-3-4-2/h5-6,9-12,17,19,25H,3-4,7-8,13-14H2,1-2H3;3-4H2,1-2H3;4H,3H2,1-2H3/b6-5+,16-12+,24-15?;;. The van der Waals surface area contributed by atoms with Gasteiger partial charge in [-0.1, -0.05) is 46.6 Å². The van der Waals surface area contributed by atoms with E-state index in [1.54, 1.807) is 6.20 Å². The highest BCUT2D eigenvalue weighted by Crippen LogP contribution is 2.45. The maximum absolute atomic E-state index is 9.48. The lowest BCUT2D eigenvalue weighted by Crippen LogP contribution is -2.25. The summed E-state index contributed by atoms with van der Waals surface area (Å²) < 4.78 is 11.2. The van der Waals surface area contributed by atoms with Gasteiger partial charge >= 0.3 is 0 Å². The Morgan fingerprint density at radius 2 is 1.92 bits per heavy atom. The number of benzene rings is 1. The summed E-state index contributed by atoms with van der Waals surface area (Å²) in [5, 5.41) is 12.4. The first-order valence-electron chi connectivity index (χ1n) is 12.8. The van der Waals surface area contributed by atoms with Gasteiger partial charge in [0, 0.05) is 33.1 Å². The van der Waals surface area contributed by atoms with Crippen molar-refractivity contribution < 1.29 is 14.0 Å². The van der Waals surface area contributed by atoms with E-state index in [4.69, 9.17) is 13.9 Å². The van der Waals surface area contributed by atoms with Gasteiger partial charge in [0.15, 0.2) is 0 Å². The van der Waals surface area contributed by atoms with Crippen molar-refractivity contribution in [3.8, 4) is 5.75 Å². The van der Waals surface area contributed by atoms with Crippen LogP contribution in [-0.4, -0.2) is 50.4 Å². The number of ether oxygens (including phenoxy) is 1. The molecule has 2 rings (SSSR count). The van der Waals surface area contributed by atoms with Gasteiger partial charge in [0.05, 0.1) is 21.5 Å². The molecule has 1 aromatic rings. The van der Waals surface area contributed by atoms with Crippen LogP contribution < -0.4 is 10.1 Å². The molecule has 2 N–H and O–H groups in total. The van der Waals surface area contributed by atoms with Crippen molar-refractivity contribution in [1.29, 1.82) is 0 Å². The smallest absolute Gasteiger partial charge is 0.146 e. The number of allylic oxidation sites excluding steroid dienone is 3. The molecule has 0 radical (unpaired) electrons. The van der Waals surface area contributed by atoms with Crippen LogP contribution >= 0.6 is 30.4 Å². The van der Waals surface area contributed by atoms with Crippen molar-refractivity contribution in [2.45, 2.75) is 78.7 Å². The molecule has 8 heteroatoms. The van der Waals surface area contributed by atoms with E-state index in [1.807, 2.05) is 65.5 Å². The zero-order valence-electron chi connectivity index (χ0n) is 22.9. The fraction of sp³-hybridized carbons (Fsp3) is 0.571. The molecule has 0 bridgehead atoms. The van der Waals surface area contributed by atoms with Crippen LogP contribution in [0.25, 0.3) is 0 Å². The summed E-state index contributed by atoms with van der Waals surface area (Å²) in [5.41, 5.74) is 4.21. The topological polar surface area (TPSA) is 75.4 Å². The highest BCUT2D eigenvalue weighted by atomic mass is 127. The third-order valence-electron chi connectivity index (χ3n) is 5.18. The van der Waals surface area contributed by atoms with Crippen LogP contribution in [0.1, 0.15) is 78.2 Å². The Morgan fingerprint density at radius 1 is 1.25 bits per heavy atom. The summed E-state index contributed by atoms with van der Waals surface area (Å²) in [6, 6.07) is 5.94. The number of aliphatic hydroxyl groups excluding tert-OH is 1. The Kier molecular flexibility index (Phi) is 22.2. The van der Waals surface area contributed by atoms with Crippen molar-refractivity contribution in [3.63, 3.8) is 0 Å². The minimum absolute atomic E-state index is 0.0907. The van der Waals surface area contributed by atoms with Crippen LogP contribution in [-0.2, 0) is 4.18 Å². The number of nitrogens with zero attached hydrogens (tertiary/aromatic N) is 2. The number of hydrogen-bond donors (Lipinski definition) is 2. The first kappa shape index (κ1) is 34.8. The van der Waals surface area contributed by atoms with Gasteiger partial charge in [-0.15, -0.1) is 0 Å². The van der Waals surface area contributed by atoms with Gasteiger partial charge in [-0.25, -0.2) is 0 Å². The largest absolute Gasteiger partial charge is 0.486 e. The van der Waals surface area contributed by atoms with Crippen LogP contribution in [0.15, 0.2) is 52.1 Å². The number of aliphatic imine (C=N–C) groups is 2. The molecule has 0 aliphatic heterocycles. The molecule has 1 atom stereocenters. The number of unbranched alkanes of at least 4 members (excludes halogenated alkanes) is 1. The molecule has 1 aliphatic carbocycles. The monoisotopic (exact) mass is 631 g/mol. The van der Waals surface area contributed by atoms with Crippen LogP contribution in [0.2, 0.25) is 0 Å². The molecule has 204 valence electrons. The predicted octanol–water partition coefficient (Wildman–Crippen LogP) is 7.99. The SMILES string of the molecule is C=N/C=C(/C=C/C(C)=Nc1ccc(OC(CO)COSI)cc1C1CC1)CC.CCCC.CCNC. The van der Waals surface area contributed by atoms with E-state index in [1.165, 1.54) is 40.5 Å². The minimum atomic E-state index is -0.383. The summed E-state index contributed by atoms with van der Waals surface area (Å²) in [5.74, 6) is 1.27. The minimum Gasteiger partial charge on any atom is -0.486 e. The van der Waals surface area contributed by atoms with E-state index in [0.29, 0.717) is 12.5 Å². The molecule has 36 heavy (non-hydrogen) atoms. The fourth-order valence-electron chi connectivity index (χ4n) is 2.67. The van der Waals surface area contributed by atoms with E-state index in [-0.39, 0.29) is 12.7 Å². The number of halogens is 1. The van der Waals surface area contributed by atoms with Gasteiger partial charge in [-0.2, -0.15) is 0 Å². The van der Waals surface area contributed by atoms with Crippen LogP contribution in [0.4, 0.5) is 5.69 Å². The third-order valence-corrected chi connectivity index (χ3v) is 6.16. The lowest BCUT2D eigenvalue weighted by atomic mass is 10.1. The zero-order chi connectivity index (χ0) is 27.2. The van der Waals surface area contributed by atoms with Crippen LogP contribution in [0.3, 0.4) is 0 Å². The first-order chi connectivity index (χ1) is 17.4. The van der Waals surface area contributed by atoms with Gasteiger partial charge in [0.25, 0.3) is 0 Å². The molecule has 0 heterocycles. The van der Waals surface area contributed by atoms with Crippen molar-refractivity contribution in [2.75, 3.05) is 26.8 Å². The second-order valence-corrected chi connectivity index (χ2v) is 9.74. The van der Waals surface area contributed by atoms with E-state index >= 15 is 0 Å². The molecular formula is C28H46IN3O3S. The quantitative estimate of drug-likeness (QED) is 0.0943. The highest BCUT2D eigenvalue weighted by molar-refractivity contribution is 14.2. The Balaban J connectivity index is 0.00000133. The predicted molar refractivity (Wildman–Crippen MR) is 167 cm³/mol. The van der Waals surface area contributed by atoms with Gasteiger partial charge in [0.2, 0.25) is 0 Å². The number of aliphatic hydroxyl groups is 1. The lowest BCUT2D eigenvalue weighted by molar-refractivity contribution is 0.0798. The van der Waals surface area contributed by atoms with Crippen LogP contribution in [0.5, 0.6) is 5.75 Å². The molecule has 0 aromatic heterocycles. The molecule has 0 saturated heterocycles.